The van der Waals surface area contributed by atoms with Crippen LogP contribution in [0.5, 0.6) is 11.5 Å². The molecule has 0 unspecified atom stereocenters. The lowest BCUT2D eigenvalue weighted by atomic mass is 9.92. The molecule has 0 N–H and O–H groups in total. The molecule has 0 amide bonds. The van der Waals surface area contributed by atoms with Crippen LogP contribution in [0.1, 0.15) is 22.3 Å². The first kappa shape index (κ1) is 34.3. The van der Waals surface area contributed by atoms with E-state index in [0.717, 1.165) is 24.3 Å². The molecule has 4 aromatic carbocycles. The number of alkyl halides is 12. The second-order valence-electron chi connectivity index (χ2n) is 9.61. The molecule has 4 rings (SSSR count). The Labute approximate surface area is 256 Å². The van der Waals surface area contributed by atoms with Crippen molar-refractivity contribution in [2.24, 2.45) is 0 Å². The number of hydrogen-bond acceptors (Lipinski definition) is 1. The first-order chi connectivity index (χ1) is 20.7. The van der Waals surface area contributed by atoms with E-state index < -0.39 is 57.8 Å². The molecule has 0 spiro atoms. The van der Waals surface area contributed by atoms with Gasteiger partial charge in [0.2, 0.25) is 0 Å². The quantitative estimate of drug-likeness (QED) is 0.151. The minimum atomic E-state index is -5.93. The maximum Gasteiger partial charge on any atom is 0.380 e. The zero-order chi connectivity index (χ0) is 33.6. The molecule has 0 aliphatic heterocycles. The number of hydrogen-bond donors (Lipinski definition) is 0. The molecule has 1 nitrogen and oxygen atoms in total. The van der Waals surface area contributed by atoms with Crippen molar-refractivity contribution in [2.45, 2.75) is 35.5 Å². The Kier molecular flexibility index (Phi) is 8.88. The summed E-state index contributed by atoms with van der Waals surface area (Å²) in [4.78, 5) is 0. The summed E-state index contributed by atoms with van der Waals surface area (Å²) < 4.78 is 180. The van der Waals surface area contributed by atoms with E-state index in [1.807, 2.05) is 0 Å². The summed E-state index contributed by atoms with van der Waals surface area (Å²) >= 11 is 11.1. The van der Waals surface area contributed by atoms with E-state index in [1.54, 1.807) is 0 Å². The van der Waals surface area contributed by atoms with Crippen LogP contribution in [0.15, 0.2) is 97.1 Å². The molecule has 0 saturated carbocycles. The molecule has 0 aliphatic carbocycles. The summed E-state index contributed by atoms with van der Waals surface area (Å²) in [7, 11) is 0. The van der Waals surface area contributed by atoms with Crippen LogP contribution in [-0.2, 0) is 23.7 Å². The van der Waals surface area contributed by atoms with E-state index in [2.05, 4.69) is 0 Å². The minimum Gasteiger partial charge on any atom is -0.457 e. The molecule has 0 fully saturated rings. The fourth-order valence-corrected chi connectivity index (χ4v) is 4.29. The summed E-state index contributed by atoms with van der Waals surface area (Å²) in [5.41, 5.74) is -5.91. The zero-order valence-corrected chi connectivity index (χ0v) is 23.4. The third kappa shape index (κ3) is 5.92. The van der Waals surface area contributed by atoms with Crippen molar-refractivity contribution in [1.29, 1.82) is 0 Å². The van der Waals surface area contributed by atoms with Gasteiger partial charge in [-0.15, -0.1) is 0 Å². The van der Waals surface area contributed by atoms with Crippen LogP contribution in [0.4, 0.5) is 52.7 Å². The van der Waals surface area contributed by atoms with E-state index in [0.29, 0.717) is 72.8 Å². The first-order valence-corrected chi connectivity index (χ1v) is 13.1. The maximum atomic E-state index is 14.7. The number of ether oxygens (including phenoxy) is 1. The Morgan fingerprint density at radius 1 is 0.333 bits per heavy atom. The van der Waals surface area contributed by atoms with Gasteiger partial charge in [-0.25, -0.2) is 0 Å². The summed E-state index contributed by atoms with van der Waals surface area (Å²) in [6.07, 6.45) is 0. The molecular formula is C30H16Cl2F12O. The van der Waals surface area contributed by atoms with Crippen LogP contribution >= 0.6 is 23.2 Å². The minimum absolute atomic E-state index is 0.0998. The van der Waals surface area contributed by atoms with Gasteiger partial charge in [-0.1, -0.05) is 47.5 Å². The second kappa shape index (κ2) is 11.7. The third-order valence-electron chi connectivity index (χ3n) is 6.66. The van der Waals surface area contributed by atoms with Gasteiger partial charge in [-0.3, -0.25) is 0 Å². The van der Waals surface area contributed by atoms with E-state index in [4.69, 9.17) is 27.9 Å². The number of rotatable bonds is 10. The van der Waals surface area contributed by atoms with E-state index in [-0.39, 0.29) is 21.5 Å². The van der Waals surface area contributed by atoms with Crippen LogP contribution < -0.4 is 4.74 Å². The molecule has 0 aromatic heterocycles. The van der Waals surface area contributed by atoms with Gasteiger partial charge in [0.1, 0.15) is 11.5 Å². The van der Waals surface area contributed by atoms with Gasteiger partial charge in [-0.05, 0) is 72.8 Å². The highest BCUT2D eigenvalue weighted by atomic mass is 35.5. The predicted molar refractivity (Wildman–Crippen MR) is 141 cm³/mol. The van der Waals surface area contributed by atoms with Crippen LogP contribution in [0.25, 0.3) is 0 Å². The van der Waals surface area contributed by atoms with Crippen LogP contribution in [0.2, 0.25) is 10.0 Å². The van der Waals surface area contributed by atoms with Crippen LogP contribution in [0.3, 0.4) is 0 Å². The van der Waals surface area contributed by atoms with Crippen molar-refractivity contribution in [3.8, 4) is 11.5 Å². The van der Waals surface area contributed by atoms with Crippen molar-refractivity contribution < 1.29 is 57.4 Å². The van der Waals surface area contributed by atoms with Gasteiger partial charge < -0.3 is 4.74 Å². The highest BCUT2D eigenvalue weighted by Gasteiger charge is 2.73. The summed E-state index contributed by atoms with van der Waals surface area (Å²) in [6, 6.07) is 9.24. The molecule has 15 heteroatoms. The normalized spacial score (nSPS) is 13.6. The Balaban J connectivity index is 1.52. The Morgan fingerprint density at radius 3 is 0.756 bits per heavy atom. The van der Waals surface area contributed by atoms with Crippen molar-refractivity contribution in [1.82, 2.24) is 0 Å². The Bertz CT molecular complexity index is 1500. The third-order valence-corrected chi connectivity index (χ3v) is 7.16. The van der Waals surface area contributed by atoms with E-state index in [1.165, 1.54) is 0 Å². The number of benzene rings is 4. The molecule has 0 aliphatic rings. The fraction of sp³-hybridized carbons (Fsp3) is 0.200. The summed E-state index contributed by atoms with van der Waals surface area (Å²) in [5.74, 6) is -34.1. The summed E-state index contributed by atoms with van der Waals surface area (Å²) in [6.45, 7) is 0. The standard InChI is InChI=1S/C30H16Cl2F12O/c31-21-9-1-17(2-10-21)25(33,34)29(41,42)27(37,38)19-5-13-23(14-6-19)45-24-15-7-20(8-16-24)28(39,40)30(43,44)26(35,36)18-3-11-22(32)12-4-18/h1-16H. The van der Waals surface area contributed by atoms with Gasteiger partial charge in [0.15, 0.2) is 0 Å². The molecule has 0 radical (unpaired) electrons. The van der Waals surface area contributed by atoms with Gasteiger partial charge in [-0.2, -0.15) is 52.7 Å². The van der Waals surface area contributed by atoms with Crippen molar-refractivity contribution in [3.63, 3.8) is 0 Å². The molecule has 0 heterocycles. The van der Waals surface area contributed by atoms with Crippen molar-refractivity contribution in [3.05, 3.63) is 129 Å². The molecule has 4 aromatic rings. The second-order valence-corrected chi connectivity index (χ2v) is 10.5. The molecule has 45 heavy (non-hydrogen) atoms. The molecular weight excluding hydrogens is 675 g/mol. The highest BCUT2D eigenvalue weighted by Crippen LogP contribution is 2.57. The average molecular weight is 691 g/mol. The number of halogens is 14. The highest BCUT2D eigenvalue weighted by molar-refractivity contribution is 6.30. The fourth-order valence-electron chi connectivity index (χ4n) is 4.04. The first-order valence-electron chi connectivity index (χ1n) is 12.3. The van der Waals surface area contributed by atoms with Crippen LogP contribution in [-0.4, -0.2) is 11.8 Å². The van der Waals surface area contributed by atoms with E-state index in [9.17, 15) is 52.7 Å². The van der Waals surface area contributed by atoms with Gasteiger partial charge in [0.25, 0.3) is 0 Å². The van der Waals surface area contributed by atoms with Gasteiger partial charge in [0, 0.05) is 32.3 Å². The lowest BCUT2D eigenvalue weighted by Crippen LogP contribution is -2.50. The smallest absolute Gasteiger partial charge is 0.380 e. The molecule has 240 valence electrons. The average Bonchev–Trinajstić information content (AvgIpc) is 2.98. The maximum absolute atomic E-state index is 14.7. The SMILES string of the molecule is FC(F)(c1ccc(Cl)cc1)C(F)(F)C(F)(F)c1ccc(Oc2ccc(C(F)(F)C(F)(F)C(F)(F)c3ccc(Cl)cc3)cc2)cc1. The largest absolute Gasteiger partial charge is 0.457 e. The molecule has 0 bridgehead atoms. The lowest BCUT2D eigenvalue weighted by Gasteiger charge is -2.33. The topological polar surface area (TPSA) is 9.23 Å². The monoisotopic (exact) mass is 690 g/mol. The Hall–Kier alpha value is -3.58. The van der Waals surface area contributed by atoms with Gasteiger partial charge >= 0.3 is 35.5 Å². The summed E-state index contributed by atoms with van der Waals surface area (Å²) in [5, 5.41) is -0.200. The van der Waals surface area contributed by atoms with Crippen molar-refractivity contribution >= 4 is 23.2 Å². The van der Waals surface area contributed by atoms with Gasteiger partial charge in [0.05, 0.1) is 0 Å². The zero-order valence-electron chi connectivity index (χ0n) is 21.9. The Morgan fingerprint density at radius 2 is 0.533 bits per heavy atom. The van der Waals surface area contributed by atoms with E-state index >= 15 is 0 Å². The lowest BCUT2D eigenvalue weighted by molar-refractivity contribution is -0.321. The molecule has 0 saturated heterocycles. The predicted octanol–water partition coefficient (Wildman–Crippen LogP) is 11.8. The van der Waals surface area contributed by atoms with Crippen molar-refractivity contribution in [2.75, 3.05) is 0 Å². The van der Waals surface area contributed by atoms with Crippen LogP contribution in [0, 0.1) is 0 Å². The molecule has 0 atom stereocenters.